The van der Waals surface area contributed by atoms with Crippen LogP contribution in [0.3, 0.4) is 0 Å². The number of para-hydroxylation sites is 1. The third-order valence-corrected chi connectivity index (χ3v) is 4.76. The minimum atomic E-state index is 0.784. The van der Waals surface area contributed by atoms with Crippen molar-refractivity contribution >= 4 is 32.9 Å². The number of unbranched alkanes of at least 4 members (excludes halogenated alkanes) is 3. The Morgan fingerprint density at radius 1 is 1.08 bits per heavy atom. The van der Waals surface area contributed by atoms with Gasteiger partial charge in [0, 0.05) is 0 Å². The fourth-order valence-corrected chi connectivity index (χ4v) is 3.27. The Morgan fingerprint density at radius 3 is 2.72 bits per heavy atom. The lowest BCUT2D eigenvalue weighted by molar-refractivity contribution is 0.305. The number of hydrogen-bond acceptors (Lipinski definition) is 5. The second-order valence-corrected chi connectivity index (χ2v) is 6.87. The maximum atomic E-state index is 5.75. The molecule has 0 bridgehead atoms. The summed E-state index contributed by atoms with van der Waals surface area (Å²) in [4.78, 5) is 4.49. The number of nitrogens with one attached hydrogen (secondary N) is 1. The highest BCUT2D eigenvalue weighted by Crippen LogP contribution is 2.25. The first-order valence-electron chi connectivity index (χ1n) is 8.72. The van der Waals surface area contributed by atoms with Crippen LogP contribution in [0.5, 0.6) is 5.75 Å². The van der Waals surface area contributed by atoms with E-state index in [9.17, 15) is 0 Å². The van der Waals surface area contributed by atoms with E-state index in [1.807, 2.05) is 42.5 Å². The van der Waals surface area contributed by atoms with Crippen LogP contribution in [-0.2, 0) is 0 Å². The van der Waals surface area contributed by atoms with Crippen LogP contribution >= 0.6 is 11.3 Å². The molecule has 1 N–H and O–H groups in total. The SMILES string of the molecule is CCCCCCOc1ccc(/C=N/Nc2nc3ccccc3s2)cc1. The van der Waals surface area contributed by atoms with Crippen LogP contribution in [0, 0.1) is 0 Å². The highest BCUT2D eigenvalue weighted by Gasteiger charge is 2.00. The molecule has 0 radical (unpaired) electrons. The smallest absolute Gasteiger partial charge is 0.204 e. The number of rotatable bonds is 9. The molecule has 25 heavy (non-hydrogen) atoms. The number of aromatic nitrogens is 1. The first kappa shape index (κ1) is 17.4. The van der Waals surface area contributed by atoms with E-state index >= 15 is 0 Å². The Hall–Kier alpha value is -2.40. The summed E-state index contributed by atoms with van der Waals surface area (Å²) in [5, 5.41) is 5.06. The minimum absolute atomic E-state index is 0.784. The molecule has 0 fully saturated rings. The van der Waals surface area contributed by atoms with E-state index in [-0.39, 0.29) is 0 Å². The van der Waals surface area contributed by atoms with E-state index in [0.717, 1.165) is 39.7 Å². The molecule has 5 heteroatoms. The predicted octanol–water partition coefficient (Wildman–Crippen LogP) is 5.70. The summed E-state index contributed by atoms with van der Waals surface area (Å²) >= 11 is 1.59. The van der Waals surface area contributed by atoms with Gasteiger partial charge in [0.05, 0.1) is 23.0 Å². The average molecular weight is 353 g/mol. The number of anilines is 1. The molecular formula is C20H23N3OS. The zero-order chi connectivity index (χ0) is 17.3. The number of nitrogens with zero attached hydrogens (tertiary/aromatic N) is 2. The molecule has 0 unspecified atom stereocenters. The highest BCUT2D eigenvalue weighted by atomic mass is 32.1. The first-order chi connectivity index (χ1) is 12.3. The molecule has 0 aliphatic rings. The fourth-order valence-electron chi connectivity index (χ4n) is 2.45. The Balaban J connectivity index is 1.48. The van der Waals surface area contributed by atoms with Crippen molar-refractivity contribution in [1.29, 1.82) is 0 Å². The van der Waals surface area contributed by atoms with Gasteiger partial charge in [0.2, 0.25) is 5.13 Å². The van der Waals surface area contributed by atoms with Crippen LogP contribution in [0.15, 0.2) is 53.6 Å². The number of hydrogen-bond donors (Lipinski definition) is 1. The topological polar surface area (TPSA) is 46.5 Å². The molecule has 1 aromatic heterocycles. The summed E-state index contributed by atoms with van der Waals surface area (Å²) in [6.45, 7) is 3.00. The molecule has 0 saturated heterocycles. The summed E-state index contributed by atoms with van der Waals surface area (Å²) < 4.78 is 6.90. The van der Waals surface area contributed by atoms with Gasteiger partial charge in [-0.15, -0.1) is 0 Å². The molecule has 1 heterocycles. The van der Waals surface area contributed by atoms with Crippen LogP contribution in [0.25, 0.3) is 10.2 Å². The van der Waals surface area contributed by atoms with Crippen molar-refractivity contribution in [2.24, 2.45) is 5.10 Å². The quantitative estimate of drug-likeness (QED) is 0.305. The van der Waals surface area contributed by atoms with E-state index < -0.39 is 0 Å². The third kappa shape index (κ3) is 5.29. The predicted molar refractivity (Wildman–Crippen MR) is 107 cm³/mol. The first-order valence-corrected chi connectivity index (χ1v) is 9.54. The summed E-state index contributed by atoms with van der Waals surface area (Å²) in [6, 6.07) is 16.0. The Bertz CT molecular complexity index is 778. The average Bonchev–Trinajstić information content (AvgIpc) is 3.05. The fraction of sp³-hybridized carbons (Fsp3) is 0.300. The molecular weight excluding hydrogens is 330 g/mol. The van der Waals surface area contributed by atoms with Crippen molar-refractivity contribution in [1.82, 2.24) is 4.98 Å². The zero-order valence-corrected chi connectivity index (χ0v) is 15.3. The van der Waals surface area contributed by atoms with Gasteiger partial charge in [0.15, 0.2) is 0 Å². The van der Waals surface area contributed by atoms with Gasteiger partial charge in [-0.05, 0) is 48.4 Å². The summed E-state index contributed by atoms with van der Waals surface area (Å²) in [5.74, 6) is 0.910. The molecule has 0 spiro atoms. The largest absolute Gasteiger partial charge is 0.494 e. The van der Waals surface area contributed by atoms with E-state index in [2.05, 4.69) is 28.5 Å². The summed E-state index contributed by atoms with van der Waals surface area (Å²) in [7, 11) is 0. The summed E-state index contributed by atoms with van der Waals surface area (Å²) in [5.41, 5.74) is 5.01. The molecule has 0 atom stereocenters. The van der Waals surface area contributed by atoms with Gasteiger partial charge in [-0.2, -0.15) is 5.10 Å². The van der Waals surface area contributed by atoms with Crippen LogP contribution in [-0.4, -0.2) is 17.8 Å². The molecule has 0 aliphatic carbocycles. The van der Waals surface area contributed by atoms with Crippen LogP contribution in [0.2, 0.25) is 0 Å². The maximum absolute atomic E-state index is 5.75. The van der Waals surface area contributed by atoms with Crippen molar-refractivity contribution < 1.29 is 4.74 Å². The normalized spacial score (nSPS) is 11.2. The Labute approximate surface area is 152 Å². The van der Waals surface area contributed by atoms with Gasteiger partial charge >= 0.3 is 0 Å². The van der Waals surface area contributed by atoms with Crippen LogP contribution in [0.4, 0.5) is 5.13 Å². The Morgan fingerprint density at radius 2 is 1.92 bits per heavy atom. The highest BCUT2D eigenvalue weighted by molar-refractivity contribution is 7.22. The molecule has 3 aromatic rings. The van der Waals surface area contributed by atoms with Crippen molar-refractivity contribution in [2.75, 3.05) is 12.0 Å². The minimum Gasteiger partial charge on any atom is -0.494 e. The van der Waals surface area contributed by atoms with Crippen LogP contribution < -0.4 is 10.2 Å². The molecule has 4 nitrogen and oxygen atoms in total. The second-order valence-electron chi connectivity index (χ2n) is 5.83. The number of fused-ring (bicyclic) bond motifs is 1. The lowest BCUT2D eigenvalue weighted by Gasteiger charge is -2.05. The number of ether oxygens (including phenoxy) is 1. The van der Waals surface area contributed by atoms with E-state index in [1.165, 1.54) is 19.3 Å². The number of benzene rings is 2. The molecule has 0 amide bonds. The number of thiazole rings is 1. The van der Waals surface area contributed by atoms with Crippen molar-refractivity contribution in [3.8, 4) is 5.75 Å². The lowest BCUT2D eigenvalue weighted by atomic mass is 10.2. The second kappa shape index (κ2) is 9.18. The van der Waals surface area contributed by atoms with Gasteiger partial charge in [-0.1, -0.05) is 49.7 Å². The van der Waals surface area contributed by atoms with Crippen molar-refractivity contribution in [3.05, 3.63) is 54.1 Å². The van der Waals surface area contributed by atoms with E-state index in [1.54, 1.807) is 17.6 Å². The van der Waals surface area contributed by atoms with Crippen molar-refractivity contribution in [3.63, 3.8) is 0 Å². The standard InChI is InChI=1S/C20H23N3OS/c1-2-3-4-7-14-24-17-12-10-16(11-13-17)15-21-23-20-22-18-8-5-6-9-19(18)25-20/h5-6,8-13,15H,2-4,7,14H2,1H3,(H,22,23)/b21-15+. The van der Waals surface area contributed by atoms with Crippen molar-refractivity contribution in [2.45, 2.75) is 32.6 Å². The van der Waals surface area contributed by atoms with Gasteiger partial charge in [0.1, 0.15) is 5.75 Å². The Kier molecular flexibility index (Phi) is 6.40. The van der Waals surface area contributed by atoms with Crippen LogP contribution in [0.1, 0.15) is 38.2 Å². The zero-order valence-electron chi connectivity index (χ0n) is 14.4. The molecule has 0 saturated carbocycles. The third-order valence-electron chi connectivity index (χ3n) is 3.81. The lowest BCUT2D eigenvalue weighted by Crippen LogP contribution is -1.97. The molecule has 3 rings (SSSR count). The van der Waals surface area contributed by atoms with E-state index in [4.69, 9.17) is 4.74 Å². The van der Waals surface area contributed by atoms with Gasteiger partial charge < -0.3 is 4.74 Å². The number of hydrazone groups is 1. The molecule has 0 aliphatic heterocycles. The van der Waals surface area contributed by atoms with Gasteiger partial charge in [-0.3, -0.25) is 5.43 Å². The maximum Gasteiger partial charge on any atom is 0.204 e. The van der Waals surface area contributed by atoms with Gasteiger partial charge in [0.25, 0.3) is 0 Å². The summed E-state index contributed by atoms with van der Waals surface area (Å²) in [6.07, 6.45) is 6.67. The monoisotopic (exact) mass is 353 g/mol. The van der Waals surface area contributed by atoms with Gasteiger partial charge in [-0.25, -0.2) is 4.98 Å². The van der Waals surface area contributed by atoms with E-state index in [0.29, 0.717) is 0 Å². The molecule has 2 aromatic carbocycles. The molecule has 130 valence electrons.